The van der Waals surface area contributed by atoms with Gasteiger partial charge >= 0.3 is 0 Å². The van der Waals surface area contributed by atoms with Crippen molar-refractivity contribution in [2.45, 2.75) is 6.92 Å². The summed E-state index contributed by atoms with van der Waals surface area (Å²) in [6.45, 7) is 2.63. The third kappa shape index (κ3) is 3.06. The molecule has 2 rings (SSSR count). The summed E-state index contributed by atoms with van der Waals surface area (Å²) < 4.78 is 18.0. The van der Waals surface area contributed by atoms with Crippen LogP contribution in [0.1, 0.15) is 16.1 Å². The molecule has 0 aliphatic rings. The number of fused-ring (bicyclic) bond motifs is 1. The third-order valence-corrected chi connectivity index (χ3v) is 2.80. The first-order valence-corrected chi connectivity index (χ1v) is 5.96. The lowest BCUT2D eigenvalue weighted by Gasteiger charge is -2.08. The van der Waals surface area contributed by atoms with E-state index in [-0.39, 0.29) is 11.7 Å². The van der Waals surface area contributed by atoms with Crippen LogP contribution in [0.15, 0.2) is 24.3 Å². The second-order valence-electron chi connectivity index (χ2n) is 4.21. The van der Waals surface area contributed by atoms with Crippen LogP contribution in [0.2, 0.25) is 0 Å². The van der Waals surface area contributed by atoms with Gasteiger partial charge in [-0.1, -0.05) is 0 Å². The van der Waals surface area contributed by atoms with Crippen LogP contribution in [-0.4, -0.2) is 31.2 Å². The van der Waals surface area contributed by atoms with Gasteiger partial charge in [-0.2, -0.15) is 0 Å². The van der Waals surface area contributed by atoms with Gasteiger partial charge in [0, 0.05) is 19.0 Å². The summed E-state index contributed by atoms with van der Waals surface area (Å²) in [7, 11) is 1.57. The first-order chi connectivity index (χ1) is 9.11. The van der Waals surface area contributed by atoms with Gasteiger partial charge in [0.05, 0.1) is 23.4 Å². The van der Waals surface area contributed by atoms with Gasteiger partial charge in [0.25, 0.3) is 5.91 Å². The van der Waals surface area contributed by atoms with E-state index in [1.54, 1.807) is 26.2 Å². The molecule has 0 bridgehead atoms. The molecular formula is C14H15FN2O2. The van der Waals surface area contributed by atoms with Gasteiger partial charge in [-0.25, -0.2) is 4.39 Å². The number of amides is 1. The van der Waals surface area contributed by atoms with Crippen molar-refractivity contribution in [2.75, 3.05) is 20.3 Å². The topological polar surface area (TPSA) is 51.2 Å². The normalized spacial score (nSPS) is 10.7. The largest absolute Gasteiger partial charge is 0.383 e. The molecule has 0 saturated heterocycles. The molecule has 0 aliphatic heterocycles. The number of carbonyl (C=O) groups is 1. The van der Waals surface area contributed by atoms with Crippen molar-refractivity contribution in [1.29, 1.82) is 0 Å². The minimum atomic E-state index is -0.344. The van der Waals surface area contributed by atoms with Crippen molar-refractivity contribution in [3.8, 4) is 0 Å². The molecule has 1 heterocycles. The number of nitrogens with zero attached hydrogens (tertiary/aromatic N) is 1. The monoisotopic (exact) mass is 262 g/mol. The zero-order valence-electron chi connectivity index (χ0n) is 10.9. The van der Waals surface area contributed by atoms with E-state index in [2.05, 4.69) is 10.3 Å². The molecule has 1 aromatic carbocycles. The number of halogens is 1. The minimum absolute atomic E-state index is 0.229. The van der Waals surface area contributed by atoms with Gasteiger partial charge < -0.3 is 10.1 Å². The van der Waals surface area contributed by atoms with Gasteiger partial charge in [-0.05, 0) is 31.2 Å². The number of aromatic nitrogens is 1. The maximum Gasteiger partial charge on any atom is 0.253 e. The van der Waals surface area contributed by atoms with Crippen molar-refractivity contribution in [3.63, 3.8) is 0 Å². The molecule has 19 heavy (non-hydrogen) atoms. The SMILES string of the molecule is COCCNC(=O)c1cc2cc(F)ccc2nc1C. The quantitative estimate of drug-likeness (QED) is 0.858. The van der Waals surface area contributed by atoms with Gasteiger partial charge in [-0.15, -0.1) is 0 Å². The molecule has 1 aromatic heterocycles. The fourth-order valence-corrected chi connectivity index (χ4v) is 1.84. The Balaban J connectivity index is 2.32. The van der Waals surface area contributed by atoms with E-state index >= 15 is 0 Å². The number of rotatable bonds is 4. The Hall–Kier alpha value is -2.01. The van der Waals surface area contributed by atoms with E-state index in [1.807, 2.05) is 0 Å². The average molecular weight is 262 g/mol. The average Bonchev–Trinajstić information content (AvgIpc) is 2.38. The van der Waals surface area contributed by atoms with Crippen molar-refractivity contribution in [1.82, 2.24) is 10.3 Å². The number of hydrogen-bond donors (Lipinski definition) is 1. The van der Waals surface area contributed by atoms with Gasteiger partial charge in [0.15, 0.2) is 0 Å². The molecule has 0 fully saturated rings. The van der Waals surface area contributed by atoms with Crippen LogP contribution in [-0.2, 0) is 4.74 Å². The highest BCUT2D eigenvalue weighted by Gasteiger charge is 2.11. The highest BCUT2D eigenvalue weighted by atomic mass is 19.1. The number of methoxy groups -OCH3 is 1. The third-order valence-electron chi connectivity index (χ3n) is 2.80. The predicted molar refractivity (Wildman–Crippen MR) is 70.6 cm³/mol. The first-order valence-electron chi connectivity index (χ1n) is 5.96. The second kappa shape index (κ2) is 5.75. The van der Waals surface area contributed by atoms with Crippen LogP contribution in [0.5, 0.6) is 0 Å². The maximum atomic E-state index is 13.2. The molecule has 0 radical (unpaired) electrons. The molecule has 1 amide bonds. The van der Waals surface area contributed by atoms with Crippen molar-refractivity contribution >= 4 is 16.8 Å². The lowest BCUT2D eigenvalue weighted by atomic mass is 10.1. The van der Waals surface area contributed by atoms with Crippen LogP contribution in [0.3, 0.4) is 0 Å². The Morgan fingerprint density at radius 3 is 2.95 bits per heavy atom. The Morgan fingerprint density at radius 2 is 2.21 bits per heavy atom. The fraction of sp³-hybridized carbons (Fsp3) is 0.286. The Labute approximate surface area is 110 Å². The first kappa shape index (κ1) is 13.4. The number of ether oxygens (including phenoxy) is 1. The molecule has 100 valence electrons. The molecule has 0 spiro atoms. The standard InChI is InChI=1S/C14H15FN2O2/c1-9-12(14(18)16-5-6-19-2)8-10-7-11(15)3-4-13(10)17-9/h3-4,7-8H,5-6H2,1-2H3,(H,16,18). The van der Waals surface area contributed by atoms with Crippen molar-refractivity contribution in [2.24, 2.45) is 0 Å². The lowest BCUT2D eigenvalue weighted by molar-refractivity contribution is 0.0936. The molecule has 4 nitrogen and oxygen atoms in total. The van der Waals surface area contributed by atoms with Crippen LogP contribution >= 0.6 is 0 Å². The molecule has 0 atom stereocenters. The summed E-state index contributed by atoms with van der Waals surface area (Å²) in [6, 6.07) is 5.98. The summed E-state index contributed by atoms with van der Waals surface area (Å²) >= 11 is 0. The Kier molecular flexibility index (Phi) is 4.06. The van der Waals surface area contributed by atoms with Crippen LogP contribution in [0.4, 0.5) is 4.39 Å². The maximum absolute atomic E-state index is 13.2. The number of carbonyl (C=O) groups excluding carboxylic acids is 1. The van der Waals surface area contributed by atoms with E-state index in [0.29, 0.717) is 35.3 Å². The summed E-state index contributed by atoms with van der Waals surface area (Å²) in [6.07, 6.45) is 0. The van der Waals surface area contributed by atoms with Crippen LogP contribution in [0, 0.1) is 12.7 Å². The summed E-state index contributed by atoms with van der Waals surface area (Å²) in [5.74, 6) is -0.572. The van der Waals surface area contributed by atoms with E-state index < -0.39 is 0 Å². The molecule has 0 saturated carbocycles. The lowest BCUT2D eigenvalue weighted by Crippen LogP contribution is -2.27. The molecule has 2 aromatic rings. The van der Waals surface area contributed by atoms with Gasteiger partial charge in [0.2, 0.25) is 0 Å². The number of nitrogens with one attached hydrogen (secondary N) is 1. The molecule has 0 unspecified atom stereocenters. The van der Waals surface area contributed by atoms with Crippen molar-refractivity contribution in [3.05, 3.63) is 41.3 Å². The summed E-state index contributed by atoms with van der Waals surface area (Å²) in [4.78, 5) is 16.3. The summed E-state index contributed by atoms with van der Waals surface area (Å²) in [5.41, 5.74) is 1.75. The smallest absolute Gasteiger partial charge is 0.253 e. The fourth-order valence-electron chi connectivity index (χ4n) is 1.84. The van der Waals surface area contributed by atoms with Gasteiger partial charge in [-0.3, -0.25) is 9.78 Å². The van der Waals surface area contributed by atoms with Crippen molar-refractivity contribution < 1.29 is 13.9 Å². The Morgan fingerprint density at radius 1 is 1.42 bits per heavy atom. The number of aryl methyl sites for hydroxylation is 1. The predicted octanol–water partition coefficient (Wildman–Crippen LogP) is 2.06. The molecule has 1 N–H and O–H groups in total. The molecular weight excluding hydrogens is 247 g/mol. The number of benzene rings is 1. The zero-order chi connectivity index (χ0) is 13.8. The van der Waals surface area contributed by atoms with E-state index in [1.165, 1.54) is 12.1 Å². The highest BCUT2D eigenvalue weighted by Crippen LogP contribution is 2.17. The second-order valence-corrected chi connectivity index (χ2v) is 4.21. The van der Waals surface area contributed by atoms with Crippen LogP contribution < -0.4 is 5.32 Å². The van der Waals surface area contributed by atoms with E-state index in [9.17, 15) is 9.18 Å². The van der Waals surface area contributed by atoms with Crippen LogP contribution in [0.25, 0.3) is 10.9 Å². The molecule has 0 aliphatic carbocycles. The minimum Gasteiger partial charge on any atom is -0.383 e. The van der Waals surface area contributed by atoms with E-state index in [0.717, 1.165) is 0 Å². The number of pyridine rings is 1. The highest BCUT2D eigenvalue weighted by molar-refractivity contribution is 5.98. The Bertz CT molecular complexity index is 614. The summed E-state index contributed by atoms with van der Waals surface area (Å²) in [5, 5.41) is 3.34. The van der Waals surface area contributed by atoms with Gasteiger partial charge in [0.1, 0.15) is 5.82 Å². The molecule has 5 heteroatoms. The van der Waals surface area contributed by atoms with E-state index in [4.69, 9.17) is 4.74 Å². The number of hydrogen-bond acceptors (Lipinski definition) is 3. The zero-order valence-corrected chi connectivity index (χ0v) is 10.9.